The van der Waals surface area contributed by atoms with Crippen LogP contribution >= 0.6 is 0 Å². The van der Waals surface area contributed by atoms with E-state index < -0.39 is 0 Å². The lowest BCUT2D eigenvalue weighted by Crippen LogP contribution is -1.98. The van der Waals surface area contributed by atoms with E-state index in [1.807, 2.05) is 30.3 Å². The zero-order valence-electron chi connectivity index (χ0n) is 6.38. The first-order valence-electron chi connectivity index (χ1n) is 3.59. The van der Waals surface area contributed by atoms with Gasteiger partial charge in [0.25, 0.3) is 0 Å². The van der Waals surface area contributed by atoms with Crippen molar-refractivity contribution in [2.24, 2.45) is 0 Å². The summed E-state index contributed by atoms with van der Waals surface area (Å²) in [5.74, 6) is 0.429. The van der Waals surface area contributed by atoms with E-state index in [4.69, 9.17) is 5.73 Å². The number of nitrogen functional groups attached to an aromatic ring is 1. The van der Waals surface area contributed by atoms with Crippen LogP contribution in [0.4, 0.5) is 5.82 Å². The summed E-state index contributed by atoms with van der Waals surface area (Å²) in [6.45, 7) is 0. The minimum Gasteiger partial charge on any atom is -0.381 e. The zero-order chi connectivity index (χ0) is 8.39. The topological polar surface area (TPSA) is 56.7 Å². The Hall–Kier alpha value is -1.84. The van der Waals surface area contributed by atoms with E-state index in [0.717, 1.165) is 5.69 Å². The number of nitrogens with two attached hydrogens (primary N) is 1. The van der Waals surface area contributed by atoms with Crippen molar-refractivity contribution >= 4 is 5.82 Å². The lowest BCUT2D eigenvalue weighted by atomic mass is 10.3. The molecule has 0 aliphatic heterocycles. The van der Waals surface area contributed by atoms with Gasteiger partial charge >= 0.3 is 0 Å². The lowest BCUT2D eigenvalue weighted by Gasteiger charge is -1.95. The third-order valence-corrected chi connectivity index (χ3v) is 1.50. The third-order valence-electron chi connectivity index (χ3n) is 1.50. The maximum absolute atomic E-state index is 5.42. The lowest BCUT2D eigenvalue weighted by molar-refractivity contribution is 0.754. The number of aromatic nitrogens is 3. The van der Waals surface area contributed by atoms with E-state index in [9.17, 15) is 0 Å². The van der Waals surface area contributed by atoms with Crippen LogP contribution in [0.2, 0.25) is 0 Å². The second kappa shape index (κ2) is 2.65. The Kier molecular flexibility index (Phi) is 1.51. The van der Waals surface area contributed by atoms with Crippen LogP contribution in [0.3, 0.4) is 0 Å². The van der Waals surface area contributed by atoms with Crippen molar-refractivity contribution in [3.05, 3.63) is 36.5 Å². The number of anilines is 1. The van der Waals surface area contributed by atoms with Gasteiger partial charge in [0.1, 0.15) is 0 Å². The van der Waals surface area contributed by atoms with Gasteiger partial charge in [0.2, 0.25) is 0 Å². The van der Waals surface area contributed by atoms with Crippen LogP contribution in [0.25, 0.3) is 5.69 Å². The molecule has 4 nitrogen and oxygen atoms in total. The SMILES string of the molecule is Nc1cnn(-c2ccccc2)n1. The van der Waals surface area contributed by atoms with Crippen LogP contribution < -0.4 is 5.73 Å². The molecule has 0 aliphatic rings. The Labute approximate surface area is 69.6 Å². The van der Waals surface area contributed by atoms with Crippen molar-refractivity contribution in [3.8, 4) is 5.69 Å². The average molecular weight is 160 g/mol. The van der Waals surface area contributed by atoms with Crippen molar-refractivity contribution in [1.29, 1.82) is 0 Å². The molecule has 0 aliphatic carbocycles. The standard InChI is InChI=1S/C8H8N4/c9-8-6-10-12(11-8)7-4-2-1-3-5-7/h1-6H,(H2,9,11). The number of para-hydroxylation sites is 1. The second-order valence-corrected chi connectivity index (χ2v) is 2.39. The molecule has 0 saturated carbocycles. The first-order chi connectivity index (χ1) is 5.86. The molecule has 0 unspecified atom stereocenters. The summed E-state index contributed by atoms with van der Waals surface area (Å²) in [5.41, 5.74) is 6.33. The zero-order valence-corrected chi connectivity index (χ0v) is 6.38. The van der Waals surface area contributed by atoms with E-state index in [1.54, 1.807) is 0 Å². The van der Waals surface area contributed by atoms with Crippen molar-refractivity contribution in [3.63, 3.8) is 0 Å². The quantitative estimate of drug-likeness (QED) is 0.672. The minimum absolute atomic E-state index is 0.429. The highest BCUT2D eigenvalue weighted by atomic mass is 15.5. The summed E-state index contributed by atoms with van der Waals surface area (Å²) in [6, 6.07) is 9.62. The van der Waals surface area contributed by atoms with Crippen molar-refractivity contribution in [2.45, 2.75) is 0 Å². The van der Waals surface area contributed by atoms with Crippen LogP contribution in [-0.2, 0) is 0 Å². The van der Waals surface area contributed by atoms with Crippen molar-refractivity contribution < 1.29 is 0 Å². The van der Waals surface area contributed by atoms with Gasteiger partial charge in [-0.05, 0) is 12.1 Å². The van der Waals surface area contributed by atoms with Gasteiger partial charge in [-0.2, -0.15) is 5.10 Å². The van der Waals surface area contributed by atoms with Crippen LogP contribution in [-0.4, -0.2) is 15.0 Å². The fourth-order valence-corrected chi connectivity index (χ4v) is 0.961. The minimum atomic E-state index is 0.429. The Bertz CT molecular complexity index is 366. The smallest absolute Gasteiger partial charge is 0.166 e. The molecule has 4 heteroatoms. The molecule has 2 aromatic rings. The second-order valence-electron chi connectivity index (χ2n) is 2.39. The molecular formula is C8H8N4. The van der Waals surface area contributed by atoms with Gasteiger partial charge in [0, 0.05) is 0 Å². The first-order valence-corrected chi connectivity index (χ1v) is 3.59. The van der Waals surface area contributed by atoms with E-state index in [1.165, 1.54) is 11.0 Å². The van der Waals surface area contributed by atoms with E-state index in [2.05, 4.69) is 10.2 Å². The van der Waals surface area contributed by atoms with Gasteiger partial charge in [-0.1, -0.05) is 18.2 Å². The maximum Gasteiger partial charge on any atom is 0.166 e. The molecule has 0 bridgehead atoms. The summed E-state index contributed by atoms with van der Waals surface area (Å²) in [4.78, 5) is 1.50. The Morgan fingerprint density at radius 3 is 2.50 bits per heavy atom. The van der Waals surface area contributed by atoms with Gasteiger partial charge in [-0.15, -0.1) is 9.90 Å². The highest BCUT2D eigenvalue weighted by Crippen LogP contribution is 2.03. The largest absolute Gasteiger partial charge is 0.381 e. The molecule has 1 aromatic carbocycles. The number of nitrogens with zero attached hydrogens (tertiary/aromatic N) is 3. The maximum atomic E-state index is 5.42. The molecule has 1 heterocycles. The molecule has 0 spiro atoms. The molecule has 0 atom stereocenters. The van der Waals surface area contributed by atoms with Gasteiger partial charge < -0.3 is 5.73 Å². The third kappa shape index (κ3) is 1.14. The Balaban J connectivity index is 2.45. The molecule has 2 rings (SSSR count). The van der Waals surface area contributed by atoms with E-state index >= 15 is 0 Å². The normalized spacial score (nSPS) is 10.0. The molecule has 0 saturated heterocycles. The van der Waals surface area contributed by atoms with Crippen molar-refractivity contribution in [1.82, 2.24) is 15.0 Å². The Morgan fingerprint density at radius 2 is 1.92 bits per heavy atom. The number of hydrogen-bond donors (Lipinski definition) is 1. The molecule has 12 heavy (non-hydrogen) atoms. The molecule has 0 radical (unpaired) electrons. The Morgan fingerprint density at radius 1 is 1.17 bits per heavy atom. The van der Waals surface area contributed by atoms with Crippen LogP contribution in [0.15, 0.2) is 36.5 Å². The predicted octanol–water partition coefficient (Wildman–Crippen LogP) is 0.850. The summed E-state index contributed by atoms with van der Waals surface area (Å²) in [7, 11) is 0. The monoisotopic (exact) mass is 160 g/mol. The van der Waals surface area contributed by atoms with E-state index in [0.29, 0.717) is 5.82 Å². The fraction of sp³-hybridized carbons (Fsp3) is 0. The predicted molar refractivity (Wildman–Crippen MR) is 45.8 cm³/mol. The van der Waals surface area contributed by atoms with Gasteiger partial charge in [0.05, 0.1) is 11.9 Å². The summed E-state index contributed by atoms with van der Waals surface area (Å²) < 4.78 is 0. The van der Waals surface area contributed by atoms with Crippen molar-refractivity contribution in [2.75, 3.05) is 5.73 Å². The van der Waals surface area contributed by atoms with E-state index in [-0.39, 0.29) is 0 Å². The summed E-state index contributed by atoms with van der Waals surface area (Å²) in [5, 5.41) is 7.93. The van der Waals surface area contributed by atoms with Gasteiger partial charge in [-0.3, -0.25) is 0 Å². The van der Waals surface area contributed by atoms with Crippen LogP contribution in [0.1, 0.15) is 0 Å². The number of rotatable bonds is 1. The molecule has 0 amide bonds. The highest BCUT2D eigenvalue weighted by Gasteiger charge is 1.96. The molecule has 2 N–H and O–H groups in total. The molecule has 0 fully saturated rings. The average Bonchev–Trinajstić information content (AvgIpc) is 2.54. The highest BCUT2D eigenvalue weighted by molar-refractivity contribution is 5.30. The first kappa shape index (κ1) is 6.84. The molecular weight excluding hydrogens is 152 g/mol. The number of benzene rings is 1. The van der Waals surface area contributed by atoms with Crippen LogP contribution in [0.5, 0.6) is 0 Å². The molecule has 60 valence electrons. The fourth-order valence-electron chi connectivity index (χ4n) is 0.961. The number of hydrogen-bond acceptors (Lipinski definition) is 3. The van der Waals surface area contributed by atoms with Crippen LogP contribution in [0, 0.1) is 0 Å². The molecule has 1 aromatic heterocycles. The summed E-state index contributed by atoms with van der Waals surface area (Å²) in [6.07, 6.45) is 1.52. The van der Waals surface area contributed by atoms with Gasteiger partial charge in [-0.25, -0.2) is 0 Å². The van der Waals surface area contributed by atoms with Gasteiger partial charge in [0.15, 0.2) is 5.82 Å². The summed E-state index contributed by atoms with van der Waals surface area (Å²) >= 11 is 0.